The molecule has 0 aliphatic rings. The van der Waals surface area contributed by atoms with E-state index in [9.17, 15) is 0 Å². The van der Waals surface area contributed by atoms with E-state index < -0.39 is 0 Å². The fraction of sp³-hybridized carbons (Fsp3) is 0.333. The van der Waals surface area contributed by atoms with Gasteiger partial charge in [-0.2, -0.15) is 0 Å². The van der Waals surface area contributed by atoms with Gasteiger partial charge in [0, 0.05) is 12.4 Å². The monoisotopic (exact) mass is 191 g/mol. The summed E-state index contributed by atoms with van der Waals surface area (Å²) >= 11 is 11.0. The van der Waals surface area contributed by atoms with Crippen molar-refractivity contribution in [3.63, 3.8) is 0 Å². The van der Waals surface area contributed by atoms with Crippen molar-refractivity contribution in [3.05, 3.63) is 17.4 Å². The van der Waals surface area contributed by atoms with Crippen LogP contribution in [0.15, 0.2) is 12.4 Å². The first-order chi connectivity index (χ1) is 5.33. The Labute approximate surface area is 74.8 Å². The first-order valence-electron chi connectivity index (χ1n) is 3.10. The normalized spacial score (nSPS) is 9.64. The molecule has 0 saturated carbocycles. The average Bonchev–Trinajstić information content (AvgIpc) is 2.04. The predicted octanol–water partition coefficient (Wildman–Crippen LogP) is 1.78. The van der Waals surface area contributed by atoms with Gasteiger partial charge in [0.05, 0.1) is 17.4 Å². The van der Waals surface area contributed by atoms with Crippen molar-refractivity contribution >= 4 is 29.2 Å². The molecule has 0 aromatic carbocycles. The molecule has 60 valence electrons. The SMILES string of the molecule is ClCCNc1ncc(Cl)cn1. The van der Waals surface area contributed by atoms with Crippen LogP contribution >= 0.6 is 23.2 Å². The number of hydrogen-bond acceptors (Lipinski definition) is 3. The molecular formula is C6H7Cl2N3. The van der Waals surface area contributed by atoms with Gasteiger partial charge < -0.3 is 5.32 Å². The molecule has 0 spiro atoms. The third-order valence-electron chi connectivity index (χ3n) is 0.998. The summed E-state index contributed by atoms with van der Waals surface area (Å²) in [6.45, 7) is 0.656. The van der Waals surface area contributed by atoms with Crippen LogP contribution in [-0.4, -0.2) is 22.4 Å². The van der Waals surface area contributed by atoms with E-state index >= 15 is 0 Å². The zero-order valence-electron chi connectivity index (χ0n) is 5.72. The fourth-order valence-corrected chi connectivity index (χ4v) is 0.755. The summed E-state index contributed by atoms with van der Waals surface area (Å²) in [5.74, 6) is 1.08. The molecule has 0 bridgehead atoms. The van der Waals surface area contributed by atoms with Gasteiger partial charge in [0.2, 0.25) is 5.95 Å². The minimum atomic E-state index is 0.529. The van der Waals surface area contributed by atoms with Crippen molar-refractivity contribution < 1.29 is 0 Å². The second kappa shape index (κ2) is 4.36. The number of nitrogens with one attached hydrogen (secondary N) is 1. The lowest BCUT2D eigenvalue weighted by atomic mass is 10.6. The third-order valence-corrected chi connectivity index (χ3v) is 1.38. The maximum absolute atomic E-state index is 5.57. The second-order valence-corrected chi connectivity index (χ2v) is 2.66. The number of nitrogens with zero attached hydrogens (tertiary/aromatic N) is 2. The molecule has 5 heteroatoms. The Hall–Kier alpha value is -0.540. The summed E-state index contributed by atoms with van der Waals surface area (Å²) in [5.41, 5.74) is 0. The number of rotatable bonds is 3. The van der Waals surface area contributed by atoms with Crippen LogP contribution in [0.4, 0.5) is 5.95 Å². The molecule has 0 unspecified atom stereocenters. The molecule has 0 amide bonds. The highest BCUT2D eigenvalue weighted by molar-refractivity contribution is 6.30. The number of hydrogen-bond donors (Lipinski definition) is 1. The number of aromatic nitrogens is 2. The molecular weight excluding hydrogens is 185 g/mol. The number of anilines is 1. The number of halogens is 2. The Balaban J connectivity index is 2.52. The quantitative estimate of drug-likeness (QED) is 0.741. The summed E-state index contributed by atoms with van der Waals surface area (Å²) < 4.78 is 0. The van der Waals surface area contributed by atoms with E-state index in [1.54, 1.807) is 0 Å². The average molecular weight is 192 g/mol. The van der Waals surface area contributed by atoms with Gasteiger partial charge in [-0.25, -0.2) is 9.97 Å². The van der Waals surface area contributed by atoms with Crippen molar-refractivity contribution in [2.75, 3.05) is 17.7 Å². The van der Waals surface area contributed by atoms with Gasteiger partial charge in [0.25, 0.3) is 0 Å². The van der Waals surface area contributed by atoms with Crippen LogP contribution in [0.1, 0.15) is 0 Å². The Morgan fingerprint density at radius 1 is 1.36 bits per heavy atom. The van der Waals surface area contributed by atoms with Gasteiger partial charge >= 0.3 is 0 Å². The Kier molecular flexibility index (Phi) is 3.39. The smallest absolute Gasteiger partial charge is 0.222 e. The van der Waals surface area contributed by atoms with Crippen molar-refractivity contribution in [1.82, 2.24) is 9.97 Å². The molecule has 11 heavy (non-hydrogen) atoms. The molecule has 1 aromatic rings. The standard InChI is InChI=1S/C6H7Cl2N3/c7-1-2-9-6-10-3-5(8)4-11-6/h3-4H,1-2H2,(H,9,10,11). The van der Waals surface area contributed by atoms with E-state index in [1.165, 1.54) is 12.4 Å². The minimum Gasteiger partial charge on any atom is -0.353 e. The topological polar surface area (TPSA) is 37.8 Å². The highest BCUT2D eigenvalue weighted by atomic mass is 35.5. The lowest BCUT2D eigenvalue weighted by Crippen LogP contribution is -2.05. The minimum absolute atomic E-state index is 0.529. The van der Waals surface area contributed by atoms with E-state index in [0.29, 0.717) is 23.4 Å². The van der Waals surface area contributed by atoms with E-state index in [4.69, 9.17) is 23.2 Å². The molecule has 0 atom stereocenters. The van der Waals surface area contributed by atoms with Crippen LogP contribution in [-0.2, 0) is 0 Å². The molecule has 0 saturated heterocycles. The maximum atomic E-state index is 5.57. The van der Waals surface area contributed by atoms with E-state index in [2.05, 4.69) is 15.3 Å². The third kappa shape index (κ3) is 2.91. The van der Waals surface area contributed by atoms with Crippen LogP contribution in [0.3, 0.4) is 0 Å². The molecule has 1 rings (SSSR count). The van der Waals surface area contributed by atoms with Crippen molar-refractivity contribution in [2.45, 2.75) is 0 Å². The summed E-state index contributed by atoms with van der Waals surface area (Å²) in [6, 6.07) is 0. The number of alkyl halides is 1. The van der Waals surface area contributed by atoms with Crippen molar-refractivity contribution in [1.29, 1.82) is 0 Å². The van der Waals surface area contributed by atoms with Gasteiger partial charge in [0.1, 0.15) is 0 Å². The largest absolute Gasteiger partial charge is 0.353 e. The molecule has 0 fully saturated rings. The van der Waals surface area contributed by atoms with E-state index in [-0.39, 0.29) is 0 Å². The first-order valence-corrected chi connectivity index (χ1v) is 4.01. The molecule has 0 aliphatic carbocycles. The van der Waals surface area contributed by atoms with Crippen molar-refractivity contribution in [2.24, 2.45) is 0 Å². The highest BCUT2D eigenvalue weighted by Crippen LogP contribution is 2.04. The van der Waals surface area contributed by atoms with Crippen LogP contribution in [0, 0.1) is 0 Å². The Morgan fingerprint density at radius 2 is 2.00 bits per heavy atom. The van der Waals surface area contributed by atoms with Gasteiger partial charge in [-0.3, -0.25) is 0 Å². The van der Waals surface area contributed by atoms with Gasteiger partial charge in [-0.05, 0) is 0 Å². The fourth-order valence-electron chi connectivity index (χ4n) is 0.563. The highest BCUT2D eigenvalue weighted by Gasteiger charge is 1.92. The van der Waals surface area contributed by atoms with Gasteiger partial charge in [-0.1, -0.05) is 11.6 Å². The summed E-state index contributed by atoms with van der Waals surface area (Å²) in [7, 11) is 0. The van der Waals surface area contributed by atoms with Crippen LogP contribution < -0.4 is 5.32 Å². The molecule has 3 nitrogen and oxygen atoms in total. The lowest BCUT2D eigenvalue weighted by Gasteiger charge is -1.99. The Morgan fingerprint density at radius 3 is 2.55 bits per heavy atom. The molecule has 0 radical (unpaired) electrons. The van der Waals surface area contributed by atoms with Crippen LogP contribution in [0.25, 0.3) is 0 Å². The summed E-state index contributed by atoms with van der Waals surface area (Å²) in [4.78, 5) is 7.81. The van der Waals surface area contributed by atoms with Crippen molar-refractivity contribution in [3.8, 4) is 0 Å². The zero-order valence-corrected chi connectivity index (χ0v) is 7.23. The van der Waals surface area contributed by atoms with Crippen LogP contribution in [0.2, 0.25) is 5.02 Å². The van der Waals surface area contributed by atoms with Gasteiger partial charge in [-0.15, -0.1) is 11.6 Å². The Bertz CT molecular complexity index is 212. The molecule has 0 aliphatic heterocycles. The summed E-state index contributed by atoms with van der Waals surface area (Å²) in [5, 5.41) is 3.44. The van der Waals surface area contributed by atoms with E-state index in [1.807, 2.05) is 0 Å². The summed E-state index contributed by atoms with van der Waals surface area (Å²) in [6.07, 6.45) is 3.07. The molecule has 1 aromatic heterocycles. The lowest BCUT2D eigenvalue weighted by molar-refractivity contribution is 1.09. The van der Waals surface area contributed by atoms with E-state index in [0.717, 1.165) is 0 Å². The first kappa shape index (κ1) is 8.56. The maximum Gasteiger partial charge on any atom is 0.222 e. The predicted molar refractivity (Wildman–Crippen MR) is 46.3 cm³/mol. The second-order valence-electron chi connectivity index (χ2n) is 1.84. The van der Waals surface area contributed by atoms with Crippen LogP contribution in [0.5, 0.6) is 0 Å². The zero-order chi connectivity index (χ0) is 8.10. The van der Waals surface area contributed by atoms with Gasteiger partial charge in [0.15, 0.2) is 0 Å². The molecule has 1 heterocycles. The molecule has 1 N–H and O–H groups in total.